The molecule has 1 aromatic carbocycles. The molecule has 0 fully saturated rings. The molecule has 2 rings (SSSR count). The van der Waals surface area contributed by atoms with Gasteiger partial charge in [0.25, 0.3) is 5.91 Å². The van der Waals surface area contributed by atoms with Gasteiger partial charge < -0.3 is 0 Å². The number of pyridine rings is 1. The van der Waals surface area contributed by atoms with Crippen LogP contribution in [0.1, 0.15) is 15.9 Å². The van der Waals surface area contributed by atoms with Crippen LogP contribution in [0.4, 0.5) is 27.7 Å². The van der Waals surface area contributed by atoms with Gasteiger partial charge in [-0.15, -0.1) is 5.12 Å². The van der Waals surface area contributed by atoms with E-state index in [1.54, 1.807) is 0 Å². The molecule has 0 aliphatic rings. The largest absolute Gasteiger partial charge is 0.418 e. The summed E-state index contributed by atoms with van der Waals surface area (Å²) in [6.45, 7) is 0. The third-order valence-corrected chi connectivity index (χ3v) is 2.56. The average Bonchev–Trinajstić information content (AvgIpc) is 2.45. The molecule has 1 amide bonds. The van der Waals surface area contributed by atoms with E-state index in [4.69, 9.17) is 0 Å². The van der Waals surface area contributed by atoms with Gasteiger partial charge in [0.2, 0.25) is 0 Å². The molecule has 1 heterocycles. The summed E-state index contributed by atoms with van der Waals surface area (Å²) in [5.41, 5.74) is -2.91. The number of carbonyl (C=O) groups excluding carboxylic acids is 1. The third kappa shape index (κ3) is 3.15. The van der Waals surface area contributed by atoms with Gasteiger partial charge in [-0.25, -0.2) is 4.39 Å². The van der Waals surface area contributed by atoms with Crippen molar-refractivity contribution in [2.45, 2.75) is 6.18 Å². The van der Waals surface area contributed by atoms with E-state index in [0.717, 1.165) is 6.20 Å². The van der Waals surface area contributed by atoms with Crippen LogP contribution in [0.25, 0.3) is 0 Å². The van der Waals surface area contributed by atoms with E-state index in [2.05, 4.69) is 4.98 Å². The number of hydrogen-bond donors (Lipinski definition) is 0. The smallest absolute Gasteiger partial charge is 0.266 e. The van der Waals surface area contributed by atoms with E-state index >= 15 is 0 Å². The van der Waals surface area contributed by atoms with Crippen LogP contribution >= 0.6 is 0 Å². The average molecular weight is 302 g/mol. The molecule has 0 atom stereocenters. The maximum absolute atomic E-state index is 14.0. The van der Waals surface area contributed by atoms with Crippen molar-refractivity contribution in [1.29, 1.82) is 0 Å². The molecule has 0 saturated heterocycles. The molecule has 1 aromatic heterocycles. The van der Waals surface area contributed by atoms with Crippen LogP contribution in [0.2, 0.25) is 0 Å². The van der Waals surface area contributed by atoms with Gasteiger partial charge >= 0.3 is 6.18 Å². The van der Waals surface area contributed by atoms with Crippen molar-refractivity contribution in [3.8, 4) is 0 Å². The predicted molar refractivity (Wildman–Crippen MR) is 63.6 cm³/mol. The Kier molecular flexibility index (Phi) is 3.88. The maximum atomic E-state index is 14.0. The van der Waals surface area contributed by atoms with Crippen LogP contribution in [-0.4, -0.2) is 10.9 Å². The highest BCUT2D eigenvalue weighted by Gasteiger charge is 2.37. The van der Waals surface area contributed by atoms with E-state index in [0.29, 0.717) is 12.1 Å². The highest BCUT2D eigenvalue weighted by atomic mass is 19.4. The second-order valence-corrected chi connectivity index (χ2v) is 3.99. The van der Waals surface area contributed by atoms with E-state index < -0.39 is 34.3 Å². The maximum Gasteiger partial charge on any atom is 0.418 e. The quantitative estimate of drug-likeness (QED) is 0.625. The number of anilines is 1. The van der Waals surface area contributed by atoms with Gasteiger partial charge in [-0.2, -0.15) is 13.2 Å². The number of carbonyl (C=O) groups is 1. The number of aromatic nitrogens is 1. The summed E-state index contributed by atoms with van der Waals surface area (Å²) in [7, 11) is 0. The van der Waals surface area contributed by atoms with Crippen LogP contribution in [-0.2, 0) is 6.18 Å². The standard InChI is InChI=1S/C13H7F5N2O/c14-9-3-4-11(10(6-9)13(15,16)17)20(18)12(21)8-2-1-5-19-7-8/h1-7H. The molecular formula is C13H7F5N2O. The lowest BCUT2D eigenvalue weighted by Gasteiger charge is -2.17. The van der Waals surface area contributed by atoms with Gasteiger partial charge in [-0.1, -0.05) is 4.48 Å². The summed E-state index contributed by atoms with van der Waals surface area (Å²) in [5.74, 6) is -2.52. The van der Waals surface area contributed by atoms with Crippen LogP contribution in [0.5, 0.6) is 0 Å². The van der Waals surface area contributed by atoms with Crippen molar-refractivity contribution in [1.82, 2.24) is 4.98 Å². The zero-order valence-corrected chi connectivity index (χ0v) is 10.2. The molecule has 0 unspecified atom stereocenters. The van der Waals surface area contributed by atoms with Crippen molar-refractivity contribution in [3.05, 3.63) is 59.7 Å². The first-order valence-corrected chi connectivity index (χ1v) is 5.57. The number of halogens is 5. The third-order valence-electron chi connectivity index (χ3n) is 2.56. The van der Waals surface area contributed by atoms with Gasteiger partial charge in [0.15, 0.2) is 0 Å². The molecule has 0 saturated carbocycles. The molecule has 110 valence electrons. The second-order valence-electron chi connectivity index (χ2n) is 3.99. The van der Waals surface area contributed by atoms with Gasteiger partial charge in [-0.3, -0.25) is 9.78 Å². The minimum atomic E-state index is -5.00. The number of amides is 1. The molecule has 2 aromatic rings. The van der Waals surface area contributed by atoms with Crippen molar-refractivity contribution in [3.63, 3.8) is 0 Å². The highest BCUT2D eigenvalue weighted by molar-refractivity contribution is 6.04. The van der Waals surface area contributed by atoms with E-state index in [9.17, 15) is 26.8 Å². The monoisotopic (exact) mass is 302 g/mol. The molecule has 21 heavy (non-hydrogen) atoms. The molecule has 0 N–H and O–H groups in total. The van der Waals surface area contributed by atoms with Gasteiger partial charge in [-0.05, 0) is 30.3 Å². The minimum absolute atomic E-state index is 0.123. The number of nitrogens with zero attached hydrogens (tertiary/aromatic N) is 2. The lowest BCUT2D eigenvalue weighted by atomic mass is 10.1. The number of alkyl halides is 3. The van der Waals surface area contributed by atoms with Crippen molar-refractivity contribution < 1.29 is 26.8 Å². The number of hydrogen-bond acceptors (Lipinski definition) is 2. The topological polar surface area (TPSA) is 33.2 Å². The van der Waals surface area contributed by atoms with E-state index in [-0.39, 0.29) is 11.6 Å². The molecule has 3 nitrogen and oxygen atoms in total. The highest BCUT2D eigenvalue weighted by Crippen LogP contribution is 2.37. The summed E-state index contributed by atoms with van der Waals surface area (Å²) < 4.78 is 65.2. The molecule has 8 heteroatoms. The lowest BCUT2D eigenvalue weighted by molar-refractivity contribution is -0.137. The first-order chi connectivity index (χ1) is 9.80. The summed E-state index contributed by atoms with van der Waals surface area (Å²) in [6, 6.07) is 3.83. The Labute approximate surface area is 115 Å². The second kappa shape index (κ2) is 5.47. The predicted octanol–water partition coefficient (Wildman–Crippen LogP) is 3.77. The first-order valence-electron chi connectivity index (χ1n) is 5.57. The molecule has 0 aliphatic heterocycles. The van der Waals surface area contributed by atoms with E-state index in [1.807, 2.05) is 0 Å². The zero-order chi connectivity index (χ0) is 15.6. The van der Waals surface area contributed by atoms with Crippen LogP contribution in [0, 0.1) is 5.82 Å². The Bertz CT molecular complexity index is 657. The fraction of sp³-hybridized carbons (Fsp3) is 0.0769. The van der Waals surface area contributed by atoms with Crippen LogP contribution in [0.3, 0.4) is 0 Å². The molecule has 0 radical (unpaired) electrons. The normalized spacial score (nSPS) is 11.3. The molecular weight excluding hydrogens is 295 g/mol. The van der Waals surface area contributed by atoms with Crippen LogP contribution < -0.4 is 5.12 Å². The van der Waals surface area contributed by atoms with Crippen molar-refractivity contribution in [2.75, 3.05) is 5.12 Å². The summed E-state index contributed by atoms with van der Waals surface area (Å²) >= 11 is 0. The first kappa shape index (κ1) is 14.9. The fourth-order valence-electron chi connectivity index (χ4n) is 1.62. The molecule has 0 spiro atoms. The van der Waals surface area contributed by atoms with E-state index in [1.165, 1.54) is 18.3 Å². The zero-order valence-electron chi connectivity index (χ0n) is 10.2. The SMILES string of the molecule is O=C(c1cccnc1)N(F)c1ccc(F)cc1C(F)(F)F. The molecule has 0 aliphatic carbocycles. The Morgan fingerprint density at radius 3 is 2.48 bits per heavy atom. The minimum Gasteiger partial charge on any atom is -0.266 e. The summed E-state index contributed by atoms with van der Waals surface area (Å²) in [4.78, 5) is 15.3. The lowest BCUT2D eigenvalue weighted by Crippen LogP contribution is -2.25. The van der Waals surface area contributed by atoms with Crippen LogP contribution in [0.15, 0.2) is 42.7 Å². The Balaban J connectivity index is 2.44. The number of benzene rings is 1. The van der Waals surface area contributed by atoms with Gasteiger partial charge in [0.05, 0.1) is 16.8 Å². The summed E-state index contributed by atoms with van der Waals surface area (Å²) in [6.07, 6.45) is -2.68. The van der Waals surface area contributed by atoms with Gasteiger partial charge in [0.1, 0.15) is 5.82 Å². The van der Waals surface area contributed by atoms with Gasteiger partial charge in [0, 0.05) is 12.4 Å². The number of rotatable bonds is 2. The molecule has 0 bridgehead atoms. The Morgan fingerprint density at radius 1 is 1.19 bits per heavy atom. The van der Waals surface area contributed by atoms with Crippen molar-refractivity contribution in [2.24, 2.45) is 0 Å². The summed E-state index contributed by atoms with van der Waals surface area (Å²) in [5, 5.41) is -0.681. The fourth-order valence-corrected chi connectivity index (χ4v) is 1.62. The Morgan fingerprint density at radius 2 is 1.90 bits per heavy atom. The Hall–Kier alpha value is -2.51. The van der Waals surface area contributed by atoms with Crippen molar-refractivity contribution >= 4 is 11.6 Å².